The van der Waals surface area contributed by atoms with Gasteiger partial charge >= 0.3 is 0 Å². The Kier molecular flexibility index (Phi) is 3.88. The number of benzene rings is 1. The van der Waals surface area contributed by atoms with E-state index in [0.29, 0.717) is 13.1 Å². The molecular weight excluding hydrogens is 262 g/mol. The number of nitrogens with zero attached hydrogens (tertiary/aromatic N) is 1. The average molecular weight is 283 g/mol. The molecule has 1 aromatic heterocycles. The standard InChI is InChI=1S/C17H21N3O/c18-12-17(8-1-2-9-17)16(21)20-11-14-6-3-5-13-7-4-10-19-15(13)14/h3-7,10H,1-2,8-9,11-12,18H2,(H,20,21). The highest BCUT2D eigenvalue weighted by Gasteiger charge is 2.39. The van der Waals surface area contributed by atoms with E-state index in [0.717, 1.165) is 42.1 Å². The van der Waals surface area contributed by atoms with Gasteiger partial charge in [-0.1, -0.05) is 37.1 Å². The number of para-hydroxylation sites is 1. The highest BCUT2D eigenvalue weighted by Crippen LogP contribution is 2.37. The number of carbonyl (C=O) groups is 1. The maximum Gasteiger partial charge on any atom is 0.227 e. The lowest BCUT2D eigenvalue weighted by Gasteiger charge is -2.25. The van der Waals surface area contributed by atoms with Crippen molar-refractivity contribution >= 4 is 16.8 Å². The fourth-order valence-electron chi connectivity index (χ4n) is 3.25. The van der Waals surface area contributed by atoms with E-state index in [9.17, 15) is 4.79 Å². The first-order valence-electron chi connectivity index (χ1n) is 7.56. The number of aromatic nitrogens is 1. The molecule has 0 saturated heterocycles. The first-order chi connectivity index (χ1) is 10.2. The second-order valence-electron chi connectivity index (χ2n) is 5.87. The van der Waals surface area contributed by atoms with Crippen LogP contribution in [0.5, 0.6) is 0 Å². The molecule has 1 aromatic carbocycles. The molecular formula is C17H21N3O. The normalized spacial score (nSPS) is 17.0. The van der Waals surface area contributed by atoms with Crippen molar-refractivity contribution in [3.05, 3.63) is 42.1 Å². The van der Waals surface area contributed by atoms with Gasteiger partial charge in [-0.25, -0.2) is 0 Å². The molecule has 1 saturated carbocycles. The van der Waals surface area contributed by atoms with Crippen molar-refractivity contribution < 1.29 is 4.79 Å². The number of nitrogens with two attached hydrogens (primary N) is 1. The van der Waals surface area contributed by atoms with Crippen LogP contribution in [0, 0.1) is 5.41 Å². The quantitative estimate of drug-likeness (QED) is 0.905. The highest BCUT2D eigenvalue weighted by atomic mass is 16.2. The van der Waals surface area contributed by atoms with Gasteiger partial charge < -0.3 is 11.1 Å². The van der Waals surface area contributed by atoms with E-state index in [1.54, 1.807) is 6.20 Å². The minimum absolute atomic E-state index is 0.0930. The Morgan fingerprint density at radius 1 is 1.24 bits per heavy atom. The molecule has 3 rings (SSSR count). The van der Waals surface area contributed by atoms with E-state index in [2.05, 4.69) is 10.3 Å². The van der Waals surface area contributed by atoms with Crippen LogP contribution >= 0.6 is 0 Å². The van der Waals surface area contributed by atoms with E-state index < -0.39 is 0 Å². The maximum atomic E-state index is 12.5. The Balaban J connectivity index is 1.76. The van der Waals surface area contributed by atoms with Crippen molar-refractivity contribution in [2.24, 2.45) is 11.1 Å². The van der Waals surface area contributed by atoms with Gasteiger partial charge in [-0.05, 0) is 24.5 Å². The second-order valence-corrected chi connectivity index (χ2v) is 5.87. The molecule has 110 valence electrons. The van der Waals surface area contributed by atoms with Gasteiger partial charge in [-0.3, -0.25) is 9.78 Å². The summed E-state index contributed by atoms with van der Waals surface area (Å²) in [6.45, 7) is 0.946. The van der Waals surface area contributed by atoms with Gasteiger partial charge in [0.25, 0.3) is 0 Å². The van der Waals surface area contributed by atoms with E-state index in [1.807, 2.05) is 30.3 Å². The van der Waals surface area contributed by atoms with Crippen LogP contribution in [-0.2, 0) is 11.3 Å². The number of hydrogen-bond donors (Lipinski definition) is 2. The predicted molar refractivity (Wildman–Crippen MR) is 83.5 cm³/mol. The van der Waals surface area contributed by atoms with Crippen molar-refractivity contribution in [1.82, 2.24) is 10.3 Å². The molecule has 1 aliphatic carbocycles. The van der Waals surface area contributed by atoms with Crippen LogP contribution in [0.25, 0.3) is 10.9 Å². The minimum Gasteiger partial charge on any atom is -0.351 e. The molecule has 1 fully saturated rings. The summed E-state index contributed by atoms with van der Waals surface area (Å²) >= 11 is 0. The molecule has 21 heavy (non-hydrogen) atoms. The third-order valence-electron chi connectivity index (χ3n) is 4.59. The molecule has 0 unspecified atom stereocenters. The predicted octanol–water partition coefficient (Wildman–Crippen LogP) is 2.37. The SMILES string of the molecule is NCC1(C(=O)NCc2cccc3cccnc23)CCCC1. The summed E-state index contributed by atoms with van der Waals surface area (Å²) in [7, 11) is 0. The Bertz CT molecular complexity index is 642. The zero-order valence-electron chi connectivity index (χ0n) is 12.1. The van der Waals surface area contributed by atoms with Gasteiger partial charge in [0.05, 0.1) is 10.9 Å². The van der Waals surface area contributed by atoms with Crippen LogP contribution in [0.15, 0.2) is 36.5 Å². The first kappa shape index (κ1) is 14.0. The molecule has 0 bridgehead atoms. The third-order valence-corrected chi connectivity index (χ3v) is 4.59. The molecule has 1 aliphatic rings. The molecule has 0 atom stereocenters. The smallest absolute Gasteiger partial charge is 0.227 e. The van der Waals surface area contributed by atoms with Crippen molar-refractivity contribution in [2.75, 3.05) is 6.54 Å². The second kappa shape index (κ2) is 5.82. The number of nitrogens with one attached hydrogen (secondary N) is 1. The van der Waals surface area contributed by atoms with E-state index in [1.165, 1.54) is 0 Å². The monoisotopic (exact) mass is 283 g/mol. The van der Waals surface area contributed by atoms with Crippen molar-refractivity contribution in [1.29, 1.82) is 0 Å². The topological polar surface area (TPSA) is 68.0 Å². The number of pyridine rings is 1. The Hall–Kier alpha value is -1.94. The number of carbonyl (C=O) groups excluding carboxylic acids is 1. The average Bonchev–Trinajstić information content (AvgIpc) is 3.03. The maximum absolute atomic E-state index is 12.5. The van der Waals surface area contributed by atoms with Crippen LogP contribution in [0.4, 0.5) is 0 Å². The van der Waals surface area contributed by atoms with Crippen LogP contribution in [0.2, 0.25) is 0 Å². The lowest BCUT2D eigenvalue weighted by Crippen LogP contribution is -2.43. The molecule has 0 spiro atoms. The number of hydrogen-bond acceptors (Lipinski definition) is 3. The Labute approximate surface area is 124 Å². The van der Waals surface area contributed by atoms with Crippen LogP contribution in [0.1, 0.15) is 31.2 Å². The van der Waals surface area contributed by atoms with E-state index >= 15 is 0 Å². The van der Waals surface area contributed by atoms with Gasteiger partial charge in [0.1, 0.15) is 0 Å². The molecule has 4 heteroatoms. The number of amides is 1. The summed E-state index contributed by atoms with van der Waals surface area (Å²) in [5, 5.41) is 4.16. The van der Waals surface area contributed by atoms with Gasteiger partial charge in [-0.15, -0.1) is 0 Å². The zero-order chi connectivity index (χ0) is 14.7. The van der Waals surface area contributed by atoms with Gasteiger partial charge in [0.2, 0.25) is 5.91 Å². The number of fused-ring (bicyclic) bond motifs is 1. The van der Waals surface area contributed by atoms with E-state index in [-0.39, 0.29) is 11.3 Å². The van der Waals surface area contributed by atoms with Crippen molar-refractivity contribution in [2.45, 2.75) is 32.2 Å². The first-order valence-corrected chi connectivity index (χ1v) is 7.56. The number of rotatable bonds is 4. The lowest BCUT2D eigenvalue weighted by molar-refractivity contribution is -0.130. The summed E-state index contributed by atoms with van der Waals surface area (Å²) in [4.78, 5) is 16.9. The fraction of sp³-hybridized carbons (Fsp3) is 0.412. The summed E-state index contributed by atoms with van der Waals surface area (Å²) < 4.78 is 0. The largest absolute Gasteiger partial charge is 0.351 e. The lowest BCUT2D eigenvalue weighted by atomic mass is 9.85. The molecule has 1 heterocycles. The molecule has 0 aliphatic heterocycles. The third kappa shape index (κ3) is 2.63. The molecule has 3 N–H and O–H groups in total. The molecule has 2 aromatic rings. The minimum atomic E-state index is -0.349. The summed E-state index contributed by atoms with van der Waals surface area (Å²) in [5.74, 6) is 0.0930. The molecule has 0 radical (unpaired) electrons. The van der Waals surface area contributed by atoms with Crippen LogP contribution in [0.3, 0.4) is 0 Å². The Morgan fingerprint density at radius 2 is 2.00 bits per heavy atom. The van der Waals surface area contributed by atoms with Crippen LogP contribution in [-0.4, -0.2) is 17.4 Å². The van der Waals surface area contributed by atoms with Gasteiger partial charge in [0.15, 0.2) is 0 Å². The highest BCUT2D eigenvalue weighted by molar-refractivity contribution is 5.85. The molecule has 4 nitrogen and oxygen atoms in total. The van der Waals surface area contributed by atoms with E-state index in [4.69, 9.17) is 5.73 Å². The summed E-state index contributed by atoms with van der Waals surface area (Å²) in [6, 6.07) is 10.0. The summed E-state index contributed by atoms with van der Waals surface area (Å²) in [6.07, 6.45) is 5.79. The Morgan fingerprint density at radius 3 is 2.76 bits per heavy atom. The van der Waals surface area contributed by atoms with Gasteiger partial charge in [0, 0.05) is 24.7 Å². The van der Waals surface area contributed by atoms with Gasteiger partial charge in [-0.2, -0.15) is 0 Å². The van der Waals surface area contributed by atoms with Crippen LogP contribution < -0.4 is 11.1 Å². The van der Waals surface area contributed by atoms with Crippen molar-refractivity contribution in [3.63, 3.8) is 0 Å². The summed E-state index contributed by atoms with van der Waals surface area (Å²) in [5.41, 5.74) is 7.51. The molecule has 1 amide bonds. The zero-order valence-corrected chi connectivity index (χ0v) is 12.1. The fourth-order valence-corrected chi connectivity index (χ4v) is 3.25. The van der Waals surface area contributed by atoms with Crippen molar-refractivity contribution in [3.8, 4) is 0 Å².